The van der Waals surface area contributed by atoms with Gasteiger partial charge in [0, 0.05) is 37.4 Å². The third-order valence-electron chi connectivity index (χ3n) is 10.6. The van der Waals surface area contributed by atoms with Crippen LogP contribution in [0.5, 0.6) is 0 Å². The van der Waals surface area contributed by atoms with Crippen LogP contribution < -0.4 is 5.32 Å². The van der Waals surface area contributed by atoms with Crippen LogP contribution in [0.2, 0.25) is 0 Å². The van der Waals surface area contributed by atoms with E-state index in [1.165, 1.54) is 9.80 Å². The number of halogens is 4. The van der Waals surface area contributed by atoms with E-state index in [9.17, 15) is 37.1 Å². The van der Waals surface area contributed by atoms with Crippen LogP contribution in [0.25, 0.3) is 0 Å². The number of hydrogen-bond donors (Lipinski definition) is 1. The minimum atomic E-state index is -1.24. The van der Waals surface area contributed by atoms with Crippen molar-refractivity contribution >= 4 is 47.1 Å². The molecule has 348 valence electrons. The number of esters is 3. The molecule has 0 spiro atoms. The van der Waals surface area contributed by atoms with Crippen LogP contribution in [0.1, 0.15) is 81.5 Å². The lowest BCUT2D eigenvalue weighted by molar-refractivity contribution is -0.146. The van der Waals surface area contributed by atoms with Crippen molar-refractivity contribution in [3.05, 3.63) is 70.8 Å². The Morgan fingerprint density at radius 3 is 1.24 bits per heavy atom. The van der Waals surface area contributed by atoms with Crippen molar-refractivity contribution in [2.45, 2.75) is 105 Å². The number of piperidine rings is 3. The molecule has 2 amide bonds. The minimum Gasteiger partial charge on any atom is -0.466 e. The summed E-state index contributed by atoms with van der Waals surface area (Å²) in [6.45, 7) is 12.3. The van der Waals surface area contributed by atoms with E-state index in [2.05, 4.69) is 5.32 Å². The molecule has 0 bridgehead atoms. The third kappa shape index (κ3) is 19.8. The molecule has 0 radical (unpaired) electrons. The van der Waals surface area contributed by atoms with Gasteiger partial charge in [0.05, 0.1) is 52.2 Å². The number of benzene rings is 2. The van der Waals surface area contributed by atoms with Crippen molar-refractivity contribution in [3.63, 3.8) is 0 Å². The number of amides is 2. The second-order valence-corrected chi connectivity index (χ2v) is 15.4. The molecule has 0 aliphatic carbocycles. The number of alkyl halides is 3. The van der Waals surface area contributed by atoms with Gasteiger partial charge in [0.1, 0.15) is 31.7 Å². The highest BCUT2D eigenvalue weighted by atomic mass is 79.9. The largest absolute Gasteiger partial charge is 0.466 e. The van der Waals surface area contributed by atoms with Gasteiger partial charge in [-0.05, 0) is 71.6 Å². The maximum absolute atomic E-state index is 14.2. The molecule has 62 heavy (non-hydrogen) atoms. The first-order chi connectivity index (χ1) is 29.2. The highest BCUT2D eigenvalue weighted by Crippen LogP contribution is 2.26. The van der Waals surface area contributed by atoms with E-state index < -0.39 is 42.5 Å². The fourth-order valence-electron chi connectivity index (χ4n) is 6.95. The predicted octanol–water partition coefficient (Wildman–Crippen LogP) is 7.95. The Morgan fingerprint density at radius 2 is 0.919 bits per heavy atom. The molecule has 2 aromatic rings. The molecule has 3 saturated heterocycles. The second kappa shape index (κ2) is 29.1. The number of carbonyl (C=O) groups is 5. The van der Waals surface area contributed by atoms with Crippen LogP contribution in [0.3, 0.4) is 0 Å². The molecular weight excluding hydrogens is 879 g/mol. The van der Waals surface area contributed by atoms with E-state index in [0.717, 1.165) is 35.2 Å². The first-order valence-electron chi connectivity index (χ1n) is 21.3. The van der Waals surface area contributed by atoms with Gasteiger partial charge in [-0.15, -0.1) is 17.0 Å². The molecule has 3 heterocycles. The normalized spacial score (nSPS) is 21.9. The number of likely N-dealkylation sites (tertiary alicyclic amines) is 2. The average molecular weight is 945 g/mol. The first kappa shape index (κ1) is 53.8. The SMILES string of the molecule is Br.CCOC(=O)C[C@@H]1CCN(C(=O)OCc2ccc(C)cc2)C[C@@H]1F.CCOC(=O)C[C@@H]1CCN(C(=O)OCc2ccc(C)cc2)C[C@@H]1F.CCOC(=O)C[C@@H]1CCNC[C@@H]1F. The zero-order valence-corrected chi connectivity index (χ0v) is 38.3. The monoisotopic (exact) mass is 943 g/mol. The highest BCUT2D eigenvalue weighted by molar-refractivity contribution is 8.93. The minimum absolute atomic E-state index is 0. The van der Waals surface area contributed by atoms with E-state index >= 15 is 0 Å². The second-order valence-electron chi connectivity index (χ2n) is 15.4. The fraction of sp³-hybridized carbons (Fsp3) is 0.622. The van der Waals surface area contributed by atoms with E-state index in [-0.39, 0.29) is 86.4 Å². The summed E-state index contributed by atoms with van der Waals surface area (Å²) in [6, 6.07) is 15.4. The molecule has 3 aliphatic rings. The predicted molar refractivity (Wildman–Crippen MR) is 232 cm³/mol. The van der Waals surface area contributed by atoms with Gasteiger partial charge in [-0.25, -0.2) is 22.8 Å². The number of carbonyl (C=O) groups excluding carboxylic acids is 5. The van der Waals surface area contributed by atoms with Crippen LogP contribution in [-0.2, 0) is 51.3 Å². The summed E-state index contributed by atoms with van der Waals surface area (Å²) in [4.78, 5) is 60.8. The lowest BCUT2D eigenvalue weighted by Crippen LogP contribution is -2.45. The van der Waals surface area contributed by atoms with E-state index in [4.69, 9.17) is 23.7 Å². The first-order valence-corrected chi connectivity index (χ1v) is 21.3. The molecule has 3 aliphatic heterocycles. The van der Waals surface area contributed by atoms with Gasteiger partial charge in [-0.1, -0.05) is 59.7 Å². The quantitative estimate of drug-likeness (QED) is 0.154. The van der Waals surface area contributed by atoms with Crippen molar-refractivity contribution in [2.24, 2.45) is 17.8 Å². The van der Waals surface area contributed by atoms with Crippen molar-refractivity contribution in [1.29, 1.82) is 0 Å². The Balaban J connectivity index is 0.000000332. The van der Waals surface area contributed by atoms with Gasteiger partial charge in [-0.2, -0.15) is 0 Å². The number of hydrogen-bond acceptors (Lipinski definition) is 11. The number of ether oxygens (including phenoxy) is 5. The zero-order valence-electron chi connectivity index (χ0n) is 36.6. The molecule has 2 aromatic carbocycles. The lowest BCUT2D eigenvalue weighted by Gasteiger charge is -2.33. The Morgan fingerprint density at radius 1 is 0.565 bits per heavy atom. The Hall–Kier alpha value is -4.38. The Kier molecular flexibility index (Phi) is 25.2. The molecular formula is C45H65BrF3N3O10. The summed E-state index contributed by atoms with van der Waals surface area (Å²) in [5.74, 6) is -2.01. The Labute approximate surface area is 374 Å². The number of rotatable bonds is 13. The van der Waals surface area contributed by atoms with E-state index in [0.29, 0.717) is 52.3 Å². The molecule has 5 rings (SSSR count). The van der Waals surface area contributed by atoms with Crippen LogP contribution in [-0.4, -0.2) is 117 Å². The highest BCUT2D eigenvalue weighted by Gasteiger charge is 2.35. The van der Waals surface area contributed by atoms with Crippen LogP contribution in [0.15, 0.2) is 48.5 Å². The summed E-state index contributed by atoms with van der Waals surface area (Å²) < 4.78 is 66.5. The molecule has 13 nitrogen and oxygen atoms in total. The van der Waals surface area contributed by atoms with Crippen molar-refractivity contribution in [2.75, 3.05) is 59.1 Å². The van der Waals surface area contributed by atoms with Gasteiger partial charge in [-0.3, -0.25) is 14.4 Å². The van der Waals surface area contributed by atoms with Crippen molar-refractivity contribution < 1.29 is 60.8 Å². The molecule has 6 atom stereocenters. The summed E-state index contributed by atoms with van der Waals surface area (Å²) in [5.41, 5.74) is 4.05. The summed E-state index contributed by atoms with van der Waals surface area (Å²) >= 11 is 0. The van der Waals surface area contributed by atoms with Gasteiger partial charge < -0.3 is 38.8 Å². The number of nitrogens with one attached hydrogen (secondary N) is 1. The summed E-state index contributed by atoms with van der Waals surface area (Å²) in [6.07, 6.45) is -2.51. The van der Waals surface area contributed by atoms with Gasteiger partial charge in [0.15, 0.2) is 0 Å². The number of nitrogens with zero attached hydrogens (tertiary/aromatic N) is 2. The molecule has 0 unspecified atom stereocenters. The topological polar surface area (TPSA) is 150 Å². The van der Waals surface area contributed by atoms with Gasteiger partial charge in [0.2, 0.25) is 0 Å². The molecule has 1 N–H and O–H groups in total. The average Bonchev–Trinajstić information content (AvgIpc) is 3.23. The lowest BCUT2D eigenvalue weighted by atomic mass is 9.92. The van der Waals surface area contributed by atoms with Crippen molar-refractivity contribution in [3.8, 4) is 0 Å². The van der Waals surface area contributed by atoms with Gasteiger partial charge >= 0.3 is 30.1 Å². The zero-order chi connectivity index (χ0) is 44.7. The molecule has 0 aromatic heterocycles. The number of aryl methyl sites for hydroxylation is 2. The van der Waals surface area contributed by atoms with Crippen LogP contribution in [0.4, 0.5) is 22.8 Å². The smallest absolute Gasteiger partial charge is 0.410 e. The maximum Gasteiger partial charge on any atom is 0.410 e. The molecule has 3 fully saturated rings. The third-order valence-corrected chi connectivity index (χ3v) is 10.6. The van der Waals surface area contributed by atoms with Crippen LogP contribution >= 0.6 is 17.0 Å². The van der Waals surface area contributed by atoms with Crippen LogP contribution in [0, 0.1) is 31.6 Å². The fourth-order valence-corrected chi connectivity index (χ4v) is 6.95. The Bertz CT molecular complexity index is 1560. The molecule has 17 heteroatoms. The summed E-state index contributed by atoms with van der Waals surface area (Å²) in [7, 11) is 0. The molecule has 0 saturated carbocycles. The van der Waals surface area contributed by atoms with Crippen molar-refractivity contribution in [1.82, 2.24) is 15.1 Å². The summed E-state index contributed by atoms with van der Waals surface area (Å²) in [5, 5.41) is 2.94. The van der Waals surface area contributed by atoms with Gasteiger partial charge in [0.25, 0.3) is 0 Å². The maximum atomic E-state index is 14.2. The van der Waals surface area contributed by atoms with E-state index in [1.807, 2.05) is 62.4 Å². The van der Waals surface area contributed by atoms with E-state index in [1.54, 1.807) is 20.8 Å². The standard InChI is InChI=1S/2C18H24FNO4.C9H16FNO2.BrH/c2*1-3-23-17(21)10-15-8-9-20(11-16(15)19)18(22)24-12-14-6-4-13(2)5-7-14;1-2-13-9(12)5-7-3-4-11-6-8(7)10;/h2*4-7,15-16H,3,8-12H2,1-2H3;7-8,11H,2-6H2,1H3;1H/t2*15-,16-;7-,8-;/m000./s1.